The number of hydrogen-bond acceptors (Lipinski definition) is 1. The van der Waals surface area contributed by atoms with Gasteiger partial charge >= 0.3 is 5.97 Å². The number of carbonyl (C=O) groups is 1. The molecule has 3 heteroatoms. The van der Waals surface area contributed by atoms with Crippen LogP contribution in [0.15, 0.2) is 18.2 Å². The highest BCUT2D eigenvalue weighted by Crippen LogP contribution is 2.48. The van der Waals surface area contributed by atoms with Gasteiger partial charge in [-0.25, -0.2) is 4.39 Å². The Hall–Kier alpha value is -1.38. The van der Waals surface area contributed by atoms with Crippen molar-refractivity contribution in [1.29, 1.82) is 0 Å². The lowest BCUT2D eigenvalue weighted by Crippen LogP contribution is -2.19. The molecular formula is C13H15FO2. The summed E-state index contributed by atoms with van der Waals surface area (Å²) in [6.45, 7) is 3.84. The highest BCUT2D eigenvalue weighted by molar-refractivity contribution is 5.84. The van der Waals surface area contributed by atoms with E-state index >= 15 is 0 Å². The minimum absolute atomic E-state index is 0.119. The Morgan fingerprint density at radius 1 is 1.44 bits per heavy atom. The number of carboxylic acids is 1. The molecule has 1 aliphatic rings. The van der Waals surface area contributed by atoms with Crippen molar-refractivity contribution in [3.8, 4) is 0 Å². The van der Waals surface area contributed by atoms with Gasteiger partial charge in [-0.2, -0.15) is 0 Å². The minimum Gasteiger partial charge on any atom is -0.481 e. The summed E-state index contributed by atoms with van der Waals surface area (Å²) in [5.41, 5.74) is 0.433. The molecule has 86 valence electrons. The number of carboxylic acid groups (broad SMARTS) is 1. The van der Waals surface area contributed by atoms with Crippen LogP contribution >= 0.6 is 0 Å². The van der Waals surface area contributed by atoms with Crippen LogP contribution in [0.2, 0.25) is 0 Å². The van der Waals surface area contributed by atoms with E-state index in [4.69, 9.17) is 5.11 Å². The van der Waals surface area contributed by atoms with Gasteiger partial charge in [0, 0.05) is 0 Å². The van der Waals surface area contributed by atoms with Crippen molar-refractivity contribution in [2.24, 2.45) is 0 Å². The van der Waals surface area contributed by atoms with Gasteiger partial charge in [0.2, 0.25) is 0 Å². The van der Waals surface area contributed by atoms with E-state index in [9.17, 15) is 9.18 Å². The normalized spacial score (nSPS) is 17.5. The summed E-state index contributed by atoms with van der Waals surface area (Å²) in [6.07, 6.45) is 1.23. The van der Waals surface area contributed by atoms with Gasteiger partial charge in [-0.1, -0.05) is 26.0 Å². The average molecular weight is 222 g/mol. The van der Waals surface area contributed by atoms with Gasteiger partial charge in [0.1, 0.15) is 5.82 Å². The number of rotatable bonds is 3. The first-order valence-electron chi connectivity index (χ1n) is 5.51. The minimum atomic E-state index is -0.843. The molecule has 1 saturated carbocycles. The van der Waals surface area contributed by atoms with Crippen LogP contribution in [-0.2, 0) is 10.2 Å². The number of aliphatic carboxylic acids is 1. The zero-order valence-electron chi connectivity index (χ0n) is 9.46. The van der Waals surface area contributed by atoms with Gasteiger partial charge in [0.05, 0.1) is 5.41 Å². The quantitative estimate of drug-likeness (QED) is 0.853. The van der Waals surface area contributed by atoms with E-state index < -0.39 is 11.4 Å². The first-order valence-corrected chi connectivity index (χ1v) is 5.51. The molecule has 16 heavy (non-hydrogen) atoms. The zero-order chi connectivity index (χ0) is 11.9. The summed E-state index contributed by atoms with van der Waals surface area (Å²) >= 11 is 0. The van der Waals surface area contributed by atoms with Crippen molar-refractivity contribution in [2.75, 3.05) is 0 Å². The Balaban J connectivity index is 2.39. The van der Waals surface area contributed by atoms with E-state index in [1.165, 1.54) is 6.07 Å². The average Bonchev–Trinajstić information content (AvgIpc) is 2.97. The fourth-order valence-electron chi connectivity index (χ4n) is 2.04. The van der Waals surface area contributed by atoms with E-state index in [2.05, 4.69) is 0 Å². The highest BCUT2D eigenvalue weighted by atomic mass is 19.1. The summed E-state index contributed by atoms with van der Waals surface area (Å²) in [7, 11) is 0. The van der Waals surface area contributed by atoms with Crippen LogP contribution in [0.3, 0.4) is 0 Å². The number of hydrogen-bond donors (Lipinski definition) is 1. The molecule has 1 aromatic carbocycles. The molecule has 0 saturated heterocycles. The maximum atomic E-state index is 13.7. The third-order valence-corrected chi connectivity index (χ3v) is 3.33. The molecule has 2 nitrogen and oxygen atoms in total. The fraction of sp³-hybridized carbons (Fsp3) is 0.462. The van der Waals surface area contributed by atoms with E-state index in [1.807, 2.05) is 13.8 Å². The Morgan fingerprint density at radius 3 is 2.44 bits per heavy atom. The first kappa shape index (κ1) is 11.1. The summed E-state index contributed by atoms with van der Waals surface area (Å²) in [4.78, 5) is 11.1. The molecule has 1 aromatic rings. The van der Waals surface area contributed by atoms with Gasteiger partial charge in [0.15, 0.2) is 0 Å². The molecule has 2 rings (SSSR count). The lowest BCUT2D eigenvalue weighted by atomic mass is 9.92. The van der Waals surface area contributed by atoms with Gasteiger partial charge < -0.3 is 5.11 Å². The summed E-state index contributed by atoms with van der Waals surface area (Å²) in [6, 6.07) is 4.84. The van der Waals surface area contributed by atoms with Crippen LogP contribution < -0.4 is 0 Å². The SMILES string of the molecule is CC(C)c1ccc(C2(C(=O)O)CC2)cc1F. The predicted octanol–water partition coefficient (Wildman–Crippen LogP) is 3.07. The van der Waals surface area contributed by atoms with Crippen molar-refractivity contribution >= 4 is 5.97 Å². The number of halogens is 1. The van der Waals surface area contributed by atoms with Crippen LogP contribution in [0, 0.1) is 5.82 Å². The lowest BCUT2D eigenvalue weighted by Gasteiger charge is -2.13. The third-order valence-electron chi connectivity index (χ3n) is 3.33. The summed E-state index contributed by atoms with van der Waals surface area (Å²) in [5.74, 6) is -1.02. The molecule has 0 radical (unpaired) electrons. The largest absolute Gasteiger partial charge is 0.481 e. The zero-order valence-corrected chi connectivity index (χ0v) is 9.46. The number of benzene rings is 1. The topological polar surface area (TPSA) is 37.3 Å². The molecule has 0 atom stereocenters. The fourth-order valence-corrected chi connectivity index (χ4v) is 2.04. The smallest absolute Gasteiger partial charge is 0.314 e. The molecule has 0 spiro atoms. The standard InChI is InChI=1S/C13H15FO2/c1-8(2)10-4-3-9(7-11(10)14)13(5-6-13)12(15)16/h3-4,7-8H,5-6H2,1-2H3,(H,15,16). The van der Waals surface area contributed by atoms with Crippen LogP contribution in [0.1, 0.15) is 43.7 Å². The molecule has 1 fully saturated rings. The van der Waals surface area contributed by atoms with Gasteiger partial charge in [-0.05, 0) is 36.0 Å². The molecule has 0 aliphatic heterocycles. The third kappa shape index (κ3) is 1.60. The van der Waals surface area contributed by atoms with E-state index in [1.54, 1.807) is 12.1 Å². The maximum Gasteiger partial charge on any atom is 0.314 e. The summed E-state index contributed by atoms with van der Waals surface area (Å²) in [5, 5.41) is 9.10. The predicted molar refractivity (Wildman–Crippen MR) is 59.0 cm³/mol. The maximum absolute atomic E-state index is 13.7. The van der Waals surface area contributed by atoms with Crippen molar-refractivity contribution in [3.05, 3.63) is 35.1 Å². The molecule has 1 aliphatic carbocycles. The molecule has 0 bridgehead atoms. The van der Waals surface area contributed by atoms with Crippen molar-refractivity contribution in [3.63, 3.8) is 0 Å². The van der Waals surface area contributed by atoms with Crippen LogP contribution in [-0.4, -0.2) is 11.1 Å². The van der Waals surface area contributed by atoms with E-state index in [-0.39, 0.29) is 11.7 Å². The second-order valence-electron chi connectivity index (χ2n) is 4.78. The lowest BCUT2D eigenvalue weighted by molar-refractivity contribution is -0.140. The Labute approximate surface area is 94.1 Å². The van der Waals surface area contributed by atoms with E-state index in [0.717, 1.165) is 0 Å². The Bertz CT molecular complexity index is 434. The second kappa shape index (κ2) is 3.58. The van der Waals surface area contributed by atoms with Gasteiger partial charge in [-0.15, -0.1) is 0 Å². The monoisotopic (exact) mass is 222 g/mol. The molecule has 0 amide bonds. The van der Waals surface area contributed by atoms with E-state index in [0.29, 0.717) is 24.0 Å². The highest BCUT2D eigenvalue weighted by Gasteiger charge is 2.51. The molecule has 0 aromatic heterocycles. The molecular weight excluding hydrogens is 207 g/mol. The van der Waals surface area contributed by atoms with Crippen molar-refractivity contribution < 1.29 is 14.3 Å². The van der Waals surface area contributed by atoms with Gasteiger partial charge in [-0.3, -0.25) is 4.79 Å². The van der Waals surface area contributed by atoms with Crippen LogP contribution in [0.5, 0.6) is 0 Å². The van der Waals surface area contributed by atoms with Crippen molar-refractivity contribution in [1.82, 2.24) is 0 Å². The van der Waals surface area contributed by atoms with Crippen LogP contribution in [0.4, 0.5) is 4.39 Å². The first-order chi connectivity index (χ1) is 7.47. The Kier molecular flexibility index (Phi) is 2.49. The van der Waals surface area contributed by atoms with Crippen molar-refractivity contribution in [2.45, 2.75) is 38.0 Å². The van der Waals surface area contributed by atoms with Crippen LogP contribution in [0.25, 0.3) is 0 Å². The summed E-state index contributed by atoms with van der Waals surface area (Å²) < 4.78 is 13.7. The molecule has 0 heterocycles. The van der Waals surface area contributed by atoms with Gasteiger partial charge in [0.25, 0.3) is 0 Å². The Morgan fingerprint density at radius 2 is 2.06 bits per heavy atom. The second-order valence-corrected chi connectivity index (χ2v) is 4.78. The molecule has 1 N–H and O–H groups in total. The molecule has 0 unspecified atom stereocenters.